The molecule has 1 fully saturated rings. The quantitative estimate of drug-likeness (QED) is 0.460. The molecule has 32 heavy (non-hydrogen) atoms. The zero-order valence-corrected chi connectivity index (χ0v) is 18.4. The van der Waals surface area contributed by atoms with Crippen LogP contribution in [0.5, 0.6) is 0 Å². The minimum absolute atomic E-state index is 0.188. The van der Waals surface area contributed by atoms with Gasteiger partial charge in [-0.15, -0.1) is 0 Å². The fraction of sp³-hybridized carbons (Fsp3) is 0.130. The molecule has 1 saturated heterocycles. The van der Waals surface area contributed by atoms with Gasteiger partial charge in [0.25, 0.3) is 5.91 Å². The third-order valence-electron chi connectivity index (χ3n) is 5.19. The Bertz CT molecular complexity index is 1320. The van der Waals surface area contributed by atoms with Gasteiger partial charge in [-0.2, -0.15) is 0 Å². The lowest BCUT2D eigenvalue weighted by atomic mass is 10.1. The van der Waals surface area contributed by atoms with E-state index in [1.165, 1.54) is 0 Å². The Hall–Kier alpha value is -3.20. The molecule has 9 heteroatoms. The van der Waals surface area contributed by atoms with E-state index < -0.39 is 11.0 Å². The van der Waals surface area contributed by atoms with Crippen LogP contribution in [0.3, 0.4) is 0 Å². The molecule has 1 atom stereocenters. The predicted molar refractivity (Wildman–Crippen MR) is 127 cm³/mol. The number of nitrogens with zero attached hydrogens (tertiary/aromatic N) is 2. The molecule has 1 aliphatic heterocycles. The standard InChI is InChI=1S/C23H19ClN4O3S/c24-19-6-3-16(13-18(19)20-7-8-21-22(27-20)9-10-25-21)26-23(29)15-1-4-17(5-2-15)28-11-12-31-14-32(28)30/h1-10,13,25H,11-12,14H2,(H,26,29). The molecule has 0 saturated carbocycles. The lowest BCUT2D eigenvalue weighted by Crippen LogP contribution is -2.36. The van der Waals surface area contributed by atoms with Gasteiger partial charge in [0.15, 0.2) is 0 Å². The summed E-state index contributed by atoms with van der Waals surface area (Å²) in [6.45, 7) is 1.08. The number of carbonyl (C=O) groups excluding carboxylic acids is 1. The molecule has 1 unspecified atom stereocenters. The topological polar surface area (TPSA) is 87.3 Å². The van der Waals surface area contributed by atoms with Crippen molar-refractivity contribution in [1.29, 1.82) is 0 Å². The average Bonchev–Trinajstić information content (AvgIpc) is 3.29. The van der Waals surface area contributed by atoms with E-state index in [9.17, 15) is 9.00 Å². The summed E-state index contributed by atoms with van der Waals surface area (Å²) in [5, 5.41) is 3.46. The summed E-state index contributed by atoms with van der Waals surface area (Å²) >= 11 is 6.41. The Kier molecular flexibility index (Phi) is 5.65. The van der Waals surface area contributed by atoms with E-state index >= 15 is 0 Å². The lowest BCUT2D eigenvalue weighted by molar-refractivity contribution is 0.102. The first-order chi connectivity index (χ1) is 15.6. The van der Waals surface area contributed by atoms with E-state index in [0.717, 1.165) is 28.0 Å². The summed E-state index contributed by atoms with van der Waals surface area (Å²) in [4.78, 5) is 20.5. The number of ether oxygens (including phenoxy) is 1. The largest absolute Gasteiger partial charge is 0.364 e. The highest BCUT2D eigenvalue weighted by atomic mass is 35.5. The summed E-state index contributed by atoms with van der Waals surface area (Å²) in [6.07, 6.45) is 1.84. The number of hydrogen-bond donors (Lipinski definition) is 2. The summed E-state index contributed by atoms with van der Waals surface area (Å²) in [5.41, 5.74) is 5.15. The van der Waals surface area contributed by atoms with Crippen molar-refractivity contribution in [1.82, 2.24) is 9.97 Å². The van der Waals surface area contributed by atoms with Gasteiger partial charge in [-0.05, 0) is 60.7 Å². The number of H-pyrrole nitrogens is 1. The van der Waals surface area contributed by atoms with Crippen LogP contribution in [0.1, 0.15) is 10.4 Å². The number of fused-ring (bicyclic) bond motifs is 1. The number of aromatic amines is 1. The van der Waals surface area contributed by atoms with Crippen molar-refractivity contribution in [2.75, 3.05) is 28.7 Å². The van der Waals surface area contributed by atoms with Crippen LogP contribution in [-0.4, -0.2) is 39.2 Å². The number of benzene rings is 2. The molecule has 0 radical (unpaired) electrons. The maximum atomic E-state index is 12.8. The summed E-state index contributed by atoms with van der Waals surface area (Å²) in [6, 6.07) is 18.1. The molecular weight excluding hydrogens is 448 g/mol. The number of amides is 1. The second-order valence-electron chi connectivity index (χ2n) is 7.25. The van der Waals surface area contributed by atoms with Gasteiger partial charge < -0.3 is 15.0 Å². The molecule has 2 N–H and O–H groups in total. The van der Waals surface area contributed by atoms with Crippen molar-refractivity contribution in [3.05, 3.63) is 77.4 Å². The van der Waals surface area contributed by atoms with Gasteiger partial charge in [0.1, 0.15) is 16.9 Å². The number of halogens is 1. The SMILES string of the molecule is O=C(Nc1ccc(Cl)c(-c2ccc3[nH]ccc3n2)c1)c1ccc(N2CCOCS2=O)cc1. The first kappa shape index (κ1) is 20.7. The highest BCUT2D eigenvalue weighted by molar-refractivity contribution is 7.86. The zero-order chi connectivity index (χ0) is 22.1. The van der Waals surface area contributed by atoms with E-state index in [0.29, 0.717) is 29.4 Å². The molecule has 2 aromatic carbocycles. The van der Waals surface area contributed by atoms with E-state index in [4.69, 9.17) is 16.3 Å². The Morgan fingerprint density at radius 3 is 2.78 bits per heavy atom. The van der Waals surface area contributed by atoms with Crippen LogP contribution in [0.25, 0.3) is 22.3 Å². The smallest absolute Gasteiger partial charge is 0.255 e. The van der Waals surface area contributed by atoms with Crippen molar-refractivity contribution in [3.8, 4) is 11.3 Å². The van der Waals surface area contributed by atoms with Crippen LogP contribution in [-0.2, 0) is 15.7 Å². The van der Waals surface area contributed by atoms with Crippen LogP contribution in [0, 0.1) is 0 Å². The van der Waals surface area contributed by atoms with Gasteiger partial charge >= 0.3 is 0 Å². The molecular formula is C23H19ClN4O3S. The first-order valence-corrected chi connectivity index (χ1v) is 11.6. The van der Waals surface area contributed by atoms with E-state index in [1.807, 2.05) is 30.5 Å². The van der Waals surface area contributed by atoms with Crippen molar-refractivity contribution < 1.29 is 13.7 Å². The molecule has 1 aliphatic rings. The lowest BCUT2D eigenvalue weighted by Gasteiger charge is -2.27. The number of nitrogens with one attached hydrogen (secondary N) is 2. The zero-order valence-electron chi connectivity index (χ0n) is 16.9. The van der Waals surface area contributed by atoms with Crippen LogP contribution < -0.4 is 9.62 Å². The van der Waals surface area contributed by atoms with Crippen molar-refractivity contribution in [2.45, 2.75) is 0 Å². The molecule has 3 heterocycles. The molecule has 2 aromatic heterocycles. The van der Waals surface area contributed by atoms with Gasteiger partial charge in [0.05, 0.1) is 34.9 Å². The molecule has 0 bridgehead atoms. The Balaban J connectivity index is 1.35. The van der Waals surface area contributed by atoms with Gasteiger partial charge in [-0.3, -0.25) is 9.10 Å². The third kappa shape index (κ3) is 4.12. The van der Waals surface area contributed by atoms with E-state index in [-0.39, 0.29) is 11.8 Å². The summed E-state index contributed by atoms with van der Waals surface area (Å²) in [7, 11) is -1.22. The predicted octanol–water partition coefficient (Wildman–Crippen LogP) is 4.59. The van der Waals surface area contributed by atoms with Crippen LogP contribution in [0.4, 0.5) is 11.4 Å². The minimum Gasteiger partial charge on any atom is -0.364 e. The van der Waals surface area contributed by atoms with Crippen LogP contribution in [0.15, 0.2) is 66.9 Å². The molecule has 7 nitrogen and oxygen atoms in total. The van der Waals surface area contributed by atoms with Crippen molar-refractivity contribution in [3.63, 3.8) is 0 Å². The molecule has 0 aliphatic carbocycles. The number of anilines is 2. The minimum atomic E-state index is -1.22. The van der Waals surface area contributed by atoms with Crippen molar-refractivity contribution in [2.24, 2.45) is 0 Å². The monoisotopic (exact) mass is 466 g/mol. The Morgan fingerprint density at radius 1 is 1.12 bits per heavy atom. The second-order valence-corrected chi connectivity index (χ2v) is 8.98. The summed E-state index contributed by atoms with van der Waals surface area (Å²) < 4.78 is 19.1. The Morgan fingerprint density at radius 2 is 1.97 bits per heavy atom. The highest BCUT2D eigenvalue weighted by Crippen LogP contribution is 2.31. The molecule has 4 aromatic rings. The van der Waals surface area contributed by atoms with Gasteiger partial charge in [-0.1, -0.05) is 11.6 Å². The number of carbonyl (C=O) groups is 1. The number of hydrogen-bond acceptors (Lipinski definition) is 4. The van der Waals surface area contributed by atoms with Crippen LogP contribution in [0.2, 0.25) is 5.02 Å². The fourth-order valence-corrected chi connectivity index (χ4v) is 4.79. The van der Waals surface area contributed by atoms with Gasteiger partial charge in [-0.25, -0.2) is 9.19 Å². The van der Waals surface area contributed by atoms with Gasteiger partial charge in [0.2, 0.25) is 0 Å². The van der Waals surface area contributed by atoms with E-state index in [1.54, 1.807) is 40.7 Å². The maximum absolute atomic E-state index is 12.8. The molecule has 0 spiro atoms. The van der Waals surface area contributed by atoms with Gasteiger partial charge in [0, 0.05) is 28.7 Å². The third-order valence-corrected chi connectivity index (χ3v) is 6.77. The summed E-state index contributed by atoms with van der Waals surface area (Å²) in [5.74, 6) is -0.0607. The van der Waals surface area contributed by atoms with E-state index in [2.05, 4.69) is 15.3 Å². The maximum Gasteiger partial charge on any atom is 0.255 e. The van der Waals surface area contributed by atoms with Crippen molar-refractivity contribution >= 4 is 50.9 Å². The molecule has 1 amide bonds. The second kappa shape index (κ2) is 8.74. The first-order valence-electron chi connectivity index (χ1n) is 9.98. The number of rotatable bonds is 4. The highest BCUT2D eigenvalue weighted by Gasteiger charge is 2.19. The Labute approximate surface area is 192 Å². The molecule has 5 rings (SSSR count). The average molecular weight is 467 g/mol. The van der Waals surface area contributed by atoms with Crippen LogP contribution >= 0.6 is 11.6 Å². The number of pyridine rings is 1. The number of aromatic nitrogens is 2. The normalized spacial score (nSPS) is 16.3. The fourth-order valence-electron chi connectivity index (χ4n) is 3.56. The molecule has 162 valence electrons.